The van der Waals surface area contributed by atoms with E-state index in [9.17, 15) is 0 Å². The topological polar surface area (TPSA) is 30.5 Å². The van der Waals surface area contributed by atoms with E-state index in [0.29, 0.717) is 21.5 Å². The van der Waals surface area contributed by atoms with Crippen LogP contribution in [-0.2, 0) is 0 Å². The molecular weight excluding hydrogens is 309 g/mol. The lowest BCUT2D eigenvalue weighted by molar-refractivity contribution is 0.355. The minimum absolute atomic E-state index is 0.0814. The summed E-state index contributed by atoms with van der Waals surface area (Å²) in [4.78, 5) is 0. The van der Waals surface area contributed by atoms with Gasteiger partial charge in [-0.2, -0.15) is 0 Å². The van der Waals surface area contributed by atoms with E-state index < -0.39 is 0 Å². The lowest BCUT2D eigenvalue weighted by atomic mass is 10.1. The molecule has 2 aromatic carbocycles. The first kappa shape index (κ1) is 15.8. The number of hydrogen-bond acceptors (Lipinski definition) is 3. The van der Waals surface area contributed by atoms with Crippen molar-refractivity contribution in [2.45, 2.75) is 13.0 Å². The first-order valence-electron chi connectivity index (χ1n) is 6.48. The summed E-state index contributed by atoms with van der Waals surface area (Å²) in [7, 11) is 3.23. The lowest BCUT2D eigenvalue weighted by Crippen LogP contribution is -2.06. The number of nitrogens with one attached hydrogen (secondary N) is 1. The van der Waals surface area contributed by atoms with Crippen molar-refractivity contribution in [3.8, 4) is 11.5 Å². The number of anilines is 1. The normalized spacial score (nSPS) is 11.9. The van der Waals surface area contributed by atoms with Crippen LogP contribution in [0.2, 0.25) is 10.0 Å². The van der Waals surface area contributed by atoms with Gasteiger partial charge in [0.05, 0.1) is 24.3 Å². The molecule has 0 saturated heterocycles. The predicted molar refractivity (Wildman–Crippen MR) is 88.0 cm³/mol. The van der Waals surface area contributed by atoms with E-state index in [1.165, 1.54) is 0 Å². The van der Waals surface area contributed by atoms with Crippen LogP contribution in [0.5, 0.6) is 11.5 Å². The van der Waals surface area contributed by atoms with Gasteiger partial charge in [-0.3, -0.25) is 0 Å². The molecule has 0 bridgehead atoms. The Hall–Kier alpha value is -1.58. The summed E-state index contributed by atoms with van der Waals surface area (Å²) in [5.74, 6) is 1.38. The highest BCUT2D eigenvalue weighted by molar-refractivity contribution is 6.42. The number of benzene rings is 2. The molecule has 5 heteroatoms. The van der Waals surface area contributed by atoms with Crippen molar-refractivity contribution in [1.29, 1.82) is 0 Å². The minimum Gasteiger partial charge on any atom is -0.493 e. The Morgan fingerprint density at radius 1 is 0.905 bits per heavy atom. The van der Waals surface area contributed by atoms with E-state index >= 15 is 0 Å². The van der Waals surface area contributed by atoms with Crippen LogP contribution >= 0.6 is 23.2 Å². The maximum absolute atomic E-state index is 6.05. The zero-order valence-corrected chi connectivity index (χ0v) is 13.6. The van der Waals surface area contributed by atoms with Gasteiger partial charge in [0.1, 0.15) is 0 Å². The van der Waals surface area contributed by atoms with E-state index in [-0.39, 0.29) is 6.04 Å². The third-order valence-electron chi connectivity index (χ3n) is 3.21. The molecule has 1 atom stereocenters. The zero-order valence-electron chi connectivity index (χ0n) is 12.1. The van der Waals surface area contributed by atoms with Gasteiger partial charge in [-0.25, -0.2) is 0 Å². The Morgan fingerprint density at radius 3 is 2.24 bits per heavy atom. The second-order valence-electron chi connectivity index (χ2n) is 4.61. The molecule has 0 saturated carbocycles. The molecule has 21 heavy (non-hydrogen) atoms. The van der Waals surface area contributed by atoms with Gasteiger partial charge in [0.15, 0.2) is 11.5 Å². The Kier molecular flexibility index (Phi) is 5.21. The van der Waals surface area contributed by atoms with Crippen molar-refractivity contribution >= 4 is 28.9 Å². The highest BCUT2D eigenvalue weighted by Crippen LogP contribution is 2.32. The molecule has 2 rings (SSSR count). The van der Waals surface area contributed by atoms with Crippen LogP contribution in [0.25, 0.3) is 0 Å². The van der Waals surface area contributed by atoms with Crippen LogP contribution in [-0.4, -0.2) is 14.2 Å². The molecule has 0 aliphatic carbocycles. The molecule has 0 aliphatic rings. The van der Waals surface area contributed by atoms with Crippen LogP contribution in [0.1, 0.15) is 18.5 Å². The molecule has 1 unspecified atom stereocenters. The predicted octanol–water partition coefficient (Wildman–Crippen LogP) is 5.18. The van der Waals surface area contributed by atoms with Gasteiger partial charge in [0, 0.05) is 17.8 Å². The lowest BCUT2D eigenvalue weighted by Gasteiger charge is -2.17. The second-order valence-corrected chi connectivity index (χ2v) is 5.42. The summed E-state index contributed by atoms with van der Waals surface area (Å²) in [6.07, 6.45) is 0. The molecule has 0 aliphatic heterocycles. The van der Waals surface area contributed by atoms with Crippen molar-refractivity contribution in [3.05, 3.63) is 52.0 Å². The third-order valence-corrected chi connectivity index (χ3v) is 3.95. The van der Waals surface area contributed by atoms with Crippen molar-refractivity contribution in [3.63, 3.8) is 0 Å². The SMILES string of the molecule is COc1ccc(NC(C)c2ccc(Cl)c(Cl)c2)cc1OC. The first-order valence-corrected chi connectivity index (χ1v) is 7.24. The highest BCUT2D eigenvalue weighted by atomic mass is 35.5. The number of methoxy groups -OCH3 is 2. The minimum atomic E-state index is 0.0814. The second kappa shape index (κ2) is 6.92. The number of hydrogen-bond donors (Lipinski definition) is 1. The van der Waals surface area contributed by atoms with Gasteiger partial charge in [0.2, 0.25) is 0 Å². The molecule has 0 spiro atoms. The van der Waals surface area contributed by atoms with Crippen LogP contribution in [0.3, 0.4) is 0 Å². The molecule has 0 fully saturated rings. The van der Waals surface area contributed by atoms with Gasteiger partial charge in [-0.1, -0.05) is 29.3 Å². The average Bonchev–Trinajstić information content (AvgIpc) is 2.49. The maximum atomic E-state index is 6.05. The zero-order chi connectivity index (χ0) is 15.4. The smallest absolute Gasteiger partial charge is 0.162 e. The fourth-order valence-corrected chi connectivity index (χ4v) is 2.35. The number of halogens is 2. The standard InChI is InChI=1S/C16H17Cl2NO2/c1-10(11-4-6-13(17)14(18)8-11)19-12-5-7-15(20-2)16(9-12)21-3/h4-10,19H,1-3H3. The molecule has 0 radical (unpaired) electrons. The van der Waals surface area contributed by atoms with E-state index in [4.69, 9.17) is 32.7 Å². The summed E-state index contributed by atoms with van der Waals surface area (Å²) >= 11 is 12.0. The molecule has 112 valence electrons. The Morgan fingerprint density at radius 2 is 1.62 bits per heavy atom. The van der Waals surface area contributed by atoms with Gasteiger partial charge >= 0.3 is 0 Å². The van der Waals surface area contributed by atoms with Crippen LogP contribution in [0.15, 0.2) is 36.4 Å². The van der Waals surface area contributed by atoms with Crippen LogP contribution in [0.4, 0.5) is 5.69 Å². The summed E-state index contributed by atoms with van der Waals surface area (Å²) in [6.45, 7) is 2.05. The van der Waals surface area contributed by atoms with Crippen molar-refractivity contribution < 1.29 is 9.47 Å². The third kappa shape index (κ3) is 3.74. The fourth-order valence-electron chi connectivity index (χ4n) is 2.04. The summed E-state index contributed by atoms with van der Waals surface area (Å²) in [5.41, 5.74) is 1.99. The van der Waals surface area contributed by atoms with Crippen molar-refractivity contribution in [1.82, 2.24) is 0 Å². The van der Waals surface area contributed by atoms with Gasteiger partial charge in [0.25, 0.3) is 0 Å². The van der Waals surface area contributed by atoms with Gasteiger partial charge in [-0.05, 0) is 36.8 Å². The molecule has 0 aromatic heterocycles. The molecular formula is C16H17Cl2NO2. The first-order chi connectivity index (χ1) is 10.0. The molecule has 3 nitrogen and oxygen atoms in total. The van der Waals surface area contributed by atoms with Gasteiger partial charge in [-0.15, -0.1) is 0 Å². The van der Waals surface area contributed by atoms with Crippen molar-refractivity contribution in [2.75, 3.05) is 19.5 Å². The summed E-state index contributed by atoms with van der Waals surface area (Å²) in [6, 6.07) is 11.4. The van der Waals surface area contributed by atoms with Crippen molar-refractivity contribution in [2.24, 2.45) is 0 Å². The molecule has 1 N–H and O–H groups in total. The van der Waals surface area contributed by atoms with E-state index in [0.717, 1.165) is 11.3 Å². The van der Waals surface area contributed by atoms with Crippen LogP contribution in [0, 0.1) is 0 Å². The quantitative estimate of drug-likeness (QED) is 0.821. The molecule has 0 amide bonds. The Bertz CT molecular complexity index is 632. The monoisotopic (exact) mass is 325 g/mol. The molecule has 0 heterocycles. The molecule has 2 aromatic rings. The largest absolute Gasteiger partial charge is 0.493 e. The summed E-state index contributed by atoms with van der Waals surface area (Å²) < 4.78 is 10.5. The Balaban J connectivity index is 2.18. The number of rotatable bonds is 5. The fraction of sp³-hybridized carbons (Fsp3) is 0.250. The average molecular weight is 326 g/mol. The Labute approximate surface area is 134 Å². The van der Waals surface area contributed by atoms with E-state index in [1.54, 1.807) is 20.3 Å². The van der Waals surface area contributed by atoms with Gasteiger partial charge < -0.3 is 14.8 Å². The maximum Gasteiger partial charge on any atom is 0.162 e. The van der Waals surface area contributed by atoms with E-state index in [1.807, 2.05) is 30.3 Å². The summed E-state index contributed by atoms with van der Waals surface area (Å²) in [5, 5.41) is 4.50. The van der Waals surface area contributed by atoms with E-state index in [2.05, 4.69) is 12.2 Å². The highest BCUT2D eigenvalue weighted by Gasteiger charge is 2.10. The number of ether oxygens (including phenoxy) is 2. The van der Waals surface area contributed by atoms with Crippen LogP contribution < -0.4 is 14.8 Å².